The quantitative estimate of drug-likeness (QED) is 0.811. The third-order valence-corrected chi connectivity index (χ3v) is 5.84. The van der Waals surface area contributed by atoms with Crippen LogP contribution in [0.2, 0.25) is 0 Å². The van der Waals surface area contributed by atoms with E-state index in [-0.39, 0.29) is 6.04 Å². The van der Waals surface area contributed by atoms with Crippen LogP contribution in [0.4, 0.5) is 0 Å². The van der Waals surface area contributed by atoms with Crippen molar-refractivity contribution >= 4 is 11.3 Å². The largest absolute Gasteiger partial charge is 0.326 e. The van der Waals surface area contributed by atoms with E-state index < -0.39 is 0 Å². The Morgan fingerprint density at radius 2 is 1.90 bits per heavy atom. The SMILES string of the molecule is CCC(N)C(c1ccc(C)s1)N(C)C1CCCCCC1. The second-order valence-electron chi connectivity index (χ2n) is 6.28. The molecule has 3 heteroatoms. The standard InChI is InChI=1S/C17H30N2S/c1-4-15(18)17(16-12-11-13(2)20-16)19(3)14-9-7-5-6-8-10-14/h11-12,14-15,17H,4-10,18H2,1-3H3. The fraction of sp³-hybridized carbons (Fsp3) is 0.765. The summed E-state index contributed by atoms with van der Waals surface area (Å²) in [6.45, 7) is 4.40. The smallest absolute Gasteiger partial charge is 0.0593 e. The van der Waals surface area contributed by atoms with Gasteiger partial charge in [0.2, 0.25) is 0 Å². The molecule has 1 fully saturated rings. The summed E-state index contributed by atoms with van der Waals surface area (Å²) in [5.74, 6) is 0. The van der Waals surface area contributed by atoms with E-state index in [2.05, 4.69) is 37.9 Å². The van der Waals surface area contributed by atoms with Gasteiger partial charge in [0.25, 0.3) is 0 Å². The minimum absolute atomic E-state index is 0.237. The van der Waals surface area contributed by atoms with E-state index in [0.29, 0.717) is 12.1 Å². The van der Waals surface area contributed by atoms with Crippen LogP contribution in [0.5, 0.6) is 0 Å². The molecule has 0 saturated heterocycles. The molecule has 2 atom stereocenters. The predicted molar refractivity (Wildman–Crippen MR) is 89.3 cm³/mol. The Kier molecular flexibility index (Phi) is 6.06. The highest BCUT2D eigenvalue weighted by Crippen LogP contribution is 2.34. The van der Waals surface area contributed by atoms with Crippen LogP contribution in [0.25, 0.3) is 0 Å². The lowest BCUT2D eigenvalue weighted by Crippen LogP contribution is -2.43. The topological polar surface area (TPSA) is 29.3 Å². The lowest BCUT2D eigenvalue weighted by atomic mass is 9.98. The molecule has 2 rings (SSSR count). The number of hydrogen-bond donors (Lipinski definition) is 1. The van der Waals surface area contributed by atoms with Crippen molar-refractivity contribution in [3.63, 3.8) is 0 Å². The normalized spacial score (nSPS) is 20.9. The number of likely N-dealkylation sites (N-methyl/N-ethyl adjacent to an activating group) is 1. The molecule has 2 unspecified atom stereocenters. The van der Waals surface area contributed by atoms with E-state index in [4.69, 9.17) is 5.73 Å². The Balaban J connectivity index is 2.16. The summed E-state index contributed by atoms with van der Waals surface area (Å²) < 4.78 is 0. The van der Waals surface area contributed by atoms with Gasteiger partial charge < -0.3 is 5.73 Å². The maximum atomic E-state index is 6.47. The van der Waals surface area contributed by atoms with Crippen LogP contribution in [0, 0.1) is 6.92 Å². The van der Waals surface area contributed by atoms with Gasteiger partial charge in [-0.05, 0) is 45.4 Å². The Bertz CT molecular complexity index is 393. The average molecular weight is 295 g/mol. The molecule has 1 saturated carbocycles. The third-order valence-electron chi connectivity index (χ3n) is 4.77. The van der Waals surface area contributed by atoms with Gasteiger partial charge in [-0.25, -0.2) is 0 Å². The lowest BCUT2D eigenvalue weighted by Gasteiger charge is -2.37. The fourth-order valence-corrected chi connectivity index (χ4v) is 4.55. The molecular formula is C17H30N2S. The first kappa shape index (κ1) is 16.0. The van der Waals surface area contributed by atoms with Crippen LogP contribution in [0.15, 0.2) is 12.1 Å². The molecular weight excluding hydrogens is 264 g/mol. The van der Waals surface area contributed by atoms with Gasteiger partial charge in [0.15, 0.2) is 0 Å². The number of thiophene rings is 1. The van der Waals surface area contributed by atoms with E-state index in [1.165, 1.54) is 48.3 Å². The van der Waals surface area contributed by atoms with E-state index in [0.717, 1.165) is 6.42 Å². The van der Waals surface area contributed by atoms with Gasteiger partial charge in [-0.15, -0.1) is 11.3 Å². The number of rotatable bonds is 5. The molecule has 0 radical (unpaired) electrons. The molecule has 1 aromatic heterocycles. The number of aryl methyl sites for hydroxylation is 1. The zero-order chi connectivity index (χ0) is 14.5. The highest BCUT2D eigenvalue weighted by atomic mass is 32.1. The van der Waals surface area contributed by atoms with Gasteiger partial charge in [0, 0.05) is 21.8 Å². The Hall–Kier alpha value is -0.380. The van der Waals surface area contributed by atoms with E-state index in [9.17, 15) is 0 Å². The van der Waals surface area contributed by atoms with E-state index in [1.54, 1.807) is 0 Å². The highest BCUT2D eigenvalue weighted by molar-refractivity contribution is 7.12. The molecule has 20 heavy (non-hydrogen) atoms. The van der Waals surface area contributed by atoms with E-state index >= 15 is 0 Å². The van der Waals surface area contributed by atoms with Gasteiger partial charge in [-0.3, -0.25) is 4.90 Å². The maximum absolute atomic E-state index is 6.47. The Morgan fingerprint density at radius 1 is 1.25 bits per heavy atom. The molecule has 0 spiro atoms. The average Bonchev–Trinajstić information content (AvgIpc) is 2.70. The molecule has 2 nitrogen and oxygen atoms in total. The predicted octanol–water partition coefficient (Wildman–Crippen LogP) is 4.49. The summed E-state index contributed by atoms with van der Waals surface area (Å²) >= 11 is 1.92. The fourth-order valence-electron chi connectivity index (χ4n) is 3.44. The summed E-state index contributed by atoms with van der Waals surface area (Å²) in [6.07, 6.45) is 9.30. The summed E-state index contributed by atoms with van der Waals surface area (Å²) in [5.41, 5.74) is 6.47. The summed E-state index contributed by atoms with van der Waals surface area (Å²) in [4.78, 5) is 5.43. The minimum Gasteiger partial charge on any atom is -0.326 e. The molecule has 1 heterocycles. The van der Waals surface area contributed by atoms with Crippen LogP contribution in [0.1, 0.15) is 67.7 Å². The van der Waals surface area contributed by atoms with Crippen molar-refractivity contribution in [1.29, 1.82) is 0 Å². The third kappa shape index (κ3) is 3.84. The van der Waals surface area contributed by atoms with Crippen molar-refractivity contribution in [2.24, 2.45) is 5.73 Å². The Morgan fingerprint density at radius 3 is 2.40 bits per heavy atom. The van der Waals surface area contributed by atoms with Gasteiger partial charge in [0.05, 0.1) is 6.04 Å². The zero-order valence-corrected chi connectivity index (χ0v) is 14.1. The Labute approximate surface area is 128 Å². The van der Waals surface area contributed by atoms with Crippen molar-refractivity contribution < 1.29 is 0 Å². The van der Waals surface area contributed by atoms with Crippen molar-refractivity contribution in [2.75, 3.05) is 7.05 Å². The minimum atomic E-state index is 0.237. The molecule has 0 amide bonds. The second kappa shape index (κ2) is 7.58. The molecule has 2 N–H and O–H groups in total. The molecule has 1 aromatic rings. The van der Waals surface area contributed by atoms with Gasteiger partial charge >= 0.3 is 0 Å². The van der Waals surface area contributed by atoms with Crippen molar-refractivity contribution in [3.8, 4) is 0 Å². The van der Waals surface area contributed by atoms with Crippen molar-refractivity contribution in [1.82, 2.24) is 4.90 Å². The molecule has 0 aromatic carbocycles. The monoisotopic (exact) mass is 294 g/mol. The van der Waals surface area contributed by atoms with Crippen LogP contribution in [-0.2, 0) is 0 Å². The van der Waals surface area contributed by atoms with E-state index in [1.807, 2.05) is 11.3 Å². The van der Waals surface area contributed by atoms with Crippen LogP contribution >= 0.6 is 11.3 Å². The zero-order valence-electron chi connectivity index (χ0n) is 13.3. The lowest BCUT2D eigenvalue weighted by molar-refractivity contribution is 0.137. The van der Waals surface area contributed by atoms with Gasteiger partial charge in [-0.2, -0.15) is 0 Å². The number of nitrogens with two attached hydrogens (primary N) is 1. The first-order chi connectivity index (χ1) is 9.63. The summed E-state index contributed by atoms with van der Waals surface area (Å²) in [7, 11) is 2.30. The van der Waals surface area contributed by atoms with Crippen LogP contribution in [-0.4, -0.2) is 24.0 Å². The first-order valence-corrected chi connectivity index (χ1v) is 8.99. The number of nitrogens with zero attached hydrogens (tertiary/aromatic N) is 1. The molecule has 1 aliphatic rings. The first-order valence-electron chi connectivity index (χ1n) is 8.17. The van der Waals surface area contributed by atoms with Crippen LogP contribution in [0.3, 0.4) is 0 Å². The molecule has 0 aliphatic heterocycles. The molecule has 114 valence electrons. The van der Waals surface area contributed by atoms with Gasteiger partial charge in [0.1, 0.15) is 0 Å². The second-order valence-corrected chi connectivity index (χ2v) is 7.60. The summed E-state index contributed by atoms with van der Waals surface area (Å²) in [6, 6.07) is 5.86. The summed E-state index contributed by atoms with van der Waals surface area (Å²) in [5, 5.41) is 0. The van der Waals surface area contributed by atoms with Gasteiger partial charge in [-0.1, -0.05) is 32.6 Å². The van der Waals surface area contributed by atoms with Crippen molar-refractivity contribution in [3.05, 3.63) is 21.9 Å². The molecule has 1 aliphatic carbocycles. The molecule has 0 bridgehead atoms. The maximum Gasteiger partial charge on any atom is 0.0593 e. The highest BCUT2D eigenvalue weighted by Gasteiger charge is 2.29. The van der Waals surface area contributed by atoms with Crippen molar-refractivity contribution in [2.45, 2.75) is 76.9 Å². The van der Waals surface area contributed by atoms with Crippen LogP contribution < -0.4 is 5.73 Å². The number of hydrogen-bond acceptors (Lipinski definition) is 3.